The molecule has 3 nitrogen and oxygen atoms in total. The summed E-state index contributed by atoms with van der Waals surface area (Å²) in [4.78, 5) is 2.80. The maximum atomic E-state index is 5.77. The summed E-state index contributed by atoms with van der Waals surface area (Å²) in [5.74, 6) is 0.989. The van der Waals surface area contributed by atoms with E-state index in [4.69, 9.17) is 4.74 Å². The predicted molar refractivity (Wildman–Crippen MR) is 73.8 cm³/mol. The first-order valence-corrected chi connectivity index (χ1v) is 7.97. The molecule has 3 aliphatic rings. The third-order valence-corrected chi connectivity index (χ3v) is 5.27. The molecule has 2 aliphatic heterocycles. The smallest absolute Gasteiger partial charge is 0.0637 e. The fourth-order valence-corrected chi connectivity index (χ4v) is 4.40. The van der Waals surface area contributed by atoms with E-state index in [1.807, 2.05) is 0 Å². The van der Waals surface area contributed by atoms with Gasteiger partial charge in [0.2, 0.25) is 0 Å². The van der Waals surface area contributed by atoms with Gasteiger partial charge in [0.1, 0.15) is 0 Å². The molecule has 3 fully saturated rings. The lowest BCUT2D eigenvalue weighted by Crippen LogP contribution is -2.57. The second-order valence-corrected chi connectivity index (χ2v) is 6.23. The monoisotopic (exact) mass is 252 g/mol. The zero-order valence-electron chi connectivity index (χ0n) is 11.7. The molecule has 0 aromatic carbocycles. The second-order valence-electron chi connectivity index (χ2n) is 6.23. The van der Waals surface area contributed by atoms with Gasteiger partial charge in [-0.3, -0.25) is 4.90 Å². The highest BCUT2D eigenvalue weighted by molar-refractivity contribution is 4.97. The van der Waals surface area contributed by atoms with Crippen molar-refractivity contribution in [2.45, 2.75) is 63.6 Å². The number of likely N-dealkylation sites (N-methyl/N-ethyl adjacent to an activating group) is 1. The lowest BCUT2D eigenvalue weighted by Gasteiger charge is -2.43. The molecule has 1 N–H and O–H groups in total. The predicted octanol–water partition coefficient (Wildman–Crippen LogP) is 2.02. The first-order valence-electron chi connectivity index (χ1n) is 7.97. The minimum Gasteiger partial charge on any atom is -0.380 e. The largest absolute Gasteiger partial charge is 0.380 e. The van der Waals surface area contributed by atoms with Crippen LogP contribution in [0.1, 0.15) is 45.4 Å². The molecule has 104 valence electrons. The van der Waals surface area contributed by atoms with Crippen LogP contribution in [0.15, 0.2) is 0 Å². The molecule has 0 aromatic heterocycles. The van der Waals surface area contributed by atoms with Crippen molar-refractivity contribution in [3.05, 3.63) is 0 Å². The zero-order chi connectivity index (χ0) is 12.4. The number of nitrogens with zero attached hydrogens (tertiary/aromatic N) is 1. The molecule has 18 heavy (non-hydrogen) atoms. The fraction of sp³-hybridized carbons (Fsp3) is 1.00. The summed E-state index contributed by atoms with van der Waals surface area (Å²) in [5, 5.41) is 3.69. The molecule has 4 unspecified atom stereocenters. The van der Waals surface area contributed by atoms with Crippen molar-refractivity contribution >= 4 is 0 Å². The molecular formula is C15H28N2O. The van der Waals surface area contributed by atoms with Gasteiger partial charge in [-0.25, -0.2) is 0 Å². The van der Waals surface area contributed by atoms with Crippen molar-refractivity contribution in [2.24, 2.45) is 5.92 Å². The molecule has 2 saturated heterocycles. The molecule has 0 amide bonds. The van der Waals surface area contributed by atoms with E-state index in [1.165, 1.54) is 45.1 Å². The van der Waals surface area contributed by atoms with Crippen molar-refractivity contribution in [3.8, 4) is 0 Å². The molecule has 1 aliphatic carbocycles. The molecular weight excluding hydrogens is 224 g/mol. The summed E-state index contributed by atoms with van der Waals surface area (Å²) in [6.45, 7) is 6.51. The Morgan fingerprint density at radius 1 is 1.11 bits per heavy atom. The molecule has 4 atom stereocenters. The molecule has 0 radical (unpaired) electrons. The van der Waals surface area contributed by atoms with E-state index in [1.54, 1.807) is 0 Å². The van der Waals surface area contributed by atoms with E-state index >= 15 is 0 Å². The van der Waals surface area contributed by atoms with E-state index in [-0.39, 0.29) is 0 Å². The minimum absolute atomic E-state index is 0.631. The van der Waals surface area contributed by atoms with E-state index in [2.05, 4.69) is 17.1 Å². The quantitative estimate of drug-likeness (QED) is 0.831. The van der Waals surface area contributed by atoms with Gasteiger partial charge in [0, 0.05) is 24.7 Å². The summed E-state index contributed by atoms with van der Waals surface area (Å²) >= 11 is 0. The van der Waals surface area contributed by atoms with E-state index in [9.17, 15) is 0 Å². The number of rotatable bonds is 3. The zero-order valence-corrected chi connectivity index (χ0v) is 11.7. The topological polar surface area (TPSA) is 24.5 Å². The SMILES string of the molecule is CCNC1CCOCC1N1CCC2CCCCC21. The number of hydrogen-bond acceptors (Lipinski definition) is 3. The molecule has 3 rings (SSSR count). The van der Waals surface area contributed by atoms with Gasteiger partial charge < -0.3 is 10.1 Å². The Hall–Kier alpha value is -0.120. The number of nitrogens with one attached hydrogen (secondary N) is 1. The Bertz CT molecular complexity index is 269. The van der Waals surface area contributed by atoms with E-state index in [0.29, 0.717) is 12.1 Å². The van der Waals surface area contributed by atoms with Gasteiger partial charge in [0.25, 0.3) is 0 Å². The van der Waals surface area contributed by atoms with Gasteiger partial charge >= 0.3 is 0 Å². The lowest BCUT2D eigenvalue weighted by atomic mass is 9.84. The molecule has 1 saturated carbocycles. The van der Waals surface area contributed by atoms with Crippen LogP contribution in [0.4, 0.5) is 0 Å². The third-order valence-electron chi connectivity index (χ3n) is 5.27. The van der Waals surface area contributed by atoms with Crippen LogP contribution in [0.25, 0.3) is 0 Å². The van der Waals surface area contributed by atoms with Crippen LogP contribution in [0.3, 0.4) is 0 Å². The van der Waals surface area contributed by atoms with Crippen LogP contribution in [0, 0.1) is 5.92 Å². The number of fused-ring (bicyclic) bond motifs is 1. The van der Waals surface area contributed by atoms with Crippen molar-refractivity contribution in [1.29, 1.82) is 0 Å². The Balaban J connectivity index is 1.68. The fourth-order valence-electron chi connectivity index (χ4n) is 4.40. The van der Waals surface area contributed by atoms with Crippen molar-refractivity contribution in [3.63, 3.8) is 0 Å². The summed E-state index contributed by atoms with van der Waals surface area (Å²) in [7, 11) is 0. The first-order chi connectivity index (χ1) is 8.90. The van der Waals surface area contributed by atoms with Crippen LogP contribution in [0.5, 0.6) is 0 Å². The maximum Gasteiger partial charge on any atom is 0.0637 e. The van der Waals surface area contributed by atoms with E-state index < -0.39 is 0 Å². The summed E-state index contributed by atoms with van der Waals surface area (Å²) in [6.07, 6.45) is 8.43. The Kier molecular flexibility index (Phi) is 4.22. The van der Waals surface area contributed by atoms with Gasteiger partial charge in [-0.05, 0) is 44.7 Å². The Labute approximate surface area is 111 Å². The van der Waals surface area contributed by atoms with Crippen LogP contribution in [-0.2, 0) is 4.74 Å². The second kappa shape index (κ2) is 5.89. The Morgan fingerprint density at radius 2 is 2.00 bits per heavy atom. The number of hydrogen-bond donors (Lipinski definition) is 1. The molecule has 0 spiro atoms. The van der Waals surface area contributed by atoms with Gasteiger partial charge in [0.05, 0.1) is 6.61 Å². The standard InChI is InChI=1S/C15H28N2O/c1-2-16-13-8-10-18-11-15(13)17-9-7-12-5-3-4-6-14(12)17/h12-16H,2-11H2,1H3. The summed E-state index contributed by atoms with van der Waals surface area (Å²) in [5.41, 5.74) is 0. The summed E-state index contributed by atoms with van der Waals surface area (Å²) < 4.78 is 5.77. The van der Waals surface area contributed by atoms with Gasteiger partial charge in [-0.1, -0.05) is 19.8 Å². The number of ether oxygens (including phenoxy) is 1. The van der Waals surface area contributed by atoms with Gasteiger partial charge in [-0.15, -0.1) is 0 Å². The lowest BCUT2D eigenvalue weighted by molar-refractivity contribution is -0.0149. The normalized spacial score (nSPS) is 41.8. The van der Waals surface area contributed by atoms with Crippen molar-refractivity contribution in [1.82, 2.24) is 10.2 Å². The van der Waals surface area contributed by atoms with Crippen LogP contribution >= 0.6 is 0 Å². The van der Waals surface area contributed by atoms with Crippen molar-refractivity contribution < 1.29 is 4.74 Å². The highest BCUT2D eigenvalue weighted by Gasteiger charge is 2.42. The van der Waals surface area contributed by atoms with Crippen LogP contribution in [0.2, 0.25) is 0 Å². The van der Waals surface area contributed by atoms with E-state index in [0.717, 1.165) is 31.7 Å². The molecule has 0 bridgehead atoms. The highest BCUT2D eigenvalue weighted by Crippen LogP contribution is 2.38. The van der Waals surface area contributed by atoms with Crippen LogP contribution in [-0.4, -0.2) is 49.3 Å². The highest BCUT2D eigenvalue weighted by atomic mass is 16.5. The van der Waals surface area contributed by atoms with Gasteiger partial charge in [0.15, 0.2) is 0 Å². The third kappa shape index (κ3) is 2.45. The molecule has 3 heteroatoms. The van der Waals surface area contributed by atoms with Crippen LogP contribution < -0.4 is 5.32 Å². The van der Waals surface area contributed by atoms with Crippen molar-refractivity contribution in [2.75, 3.05) is 26.3 Å². The number of likely N-dealkylation sites (tertiary alicyclic amines) is 1. The molecule has 0 aromatic rings. The average Bonchev–Trinajstić information content (AvgIpc) is 2.84. The summed E-state index contributed by atoms with van der Waals surface area (Å²) in [6, 6.07) is 2.16. The maximum absolute atomic E-state index is 5.77. The van der Waals surface area contributed by atoms with Gasteiger partial charge in [-0.2, -0.15) is 0 Å². The average molecular weight is 252 g/mol. The first kappa shape index (κ1) is 12.9. The minimum atomic E-state index is 0.631. The molecule has 2 heterocycles. The Morgan fingerprint density at radius 3 is 2.89 bits per heavy atom.